The molecule has 1 aliphatic heterocycles. The molecule has 0 saturated heterocycles. The zero-order chi connectivity index (χ0) is 26.5. The Morgan fingerprint density at radius 1 is 0.897 bits per heavy atom. The number of aryl methyl sites for hydroxylation is 1. The first-order valence-electron chi connectivity index (χ1n) is 14.1. The summed E-state index contributed by atoms with van der Waals surface area (Å²) in [6.07, 6.45) is 5.69. The molecule has 4 heteroatoms. The van der Waals surface area contributed by atoms with Gasteiger partial charge < -0.3 is 14.8 Å². The molecule has 2 aliphatic rings. The molecule has 1 aromatic heterocycles. The minimum absolute atomic E-state index is 0.0358. The van der Waals surface area contributed by atoms with Crippen molar-refractivity contribution in [3.63, 3.8) is 0 Å². The number of hydrogen-bond acceptors (Lipinski definition) is 2. The number of benzene rings is 4. The highest BCUT2D eigenvalue weighted by Gasteiger charge is 2.39. The van der Waals surface area contributed by atoms with E-state index >= 15 is 0 Å². The molecule has 1 aliphatic carbocycles. The second-order valence-electron chi connectivity index (χ2n) is 10.7. The zero-order valence-electron chi connectivity index (χ0n) is 22.5. The van der Waals surface area contributed by atoms with Gasteiger partial charge in [-0.25, -0.2) is 0 Å². The van der Waals surface area contributed by atoms with Crippen molar-refractivity contribution < 1.29 is 4.79 Å². The Balaban J connectivity index is 1.34. The number of nitrogens with one attached hydrogen (secondary N) is 1. The van der Waals surface area contributed by atoms with Crippen LogP contribution in [0, 0.1) is 5.92 Å². The van der Waals surface area contributed by atoms with Crippen LogP contribution < -0.4 is 10.2 Å². The van der Waals surface area contributed by atoms with E-state index in [0.717, 1.165) is 29.9 Å². The highest BCUT2D eigenvalue weighted by Crippen LogP contribution is 2.51. The minimum atomic E-state index is 0.0358. The molecule has 4 nitrogen and oxygen atoms in total. The molecule has 4 aromatic carbocycles. The predicted molar refractivity (Wildman–Crippen MR) is 162 cm³/mol. The van der Waals surface area contributed by atoms with Crippen LogP contribution in [0.4, 0.5) is 11.4 Å². The Labute approximate surface area is 229 Å². The summed E-state index contributed by atoms with van der Waals surface area (Å²) in [6, 6.07) is 32.0. The summed E-state index contributed by atoms with van der Waals surface area (Å²) >= 11 is 0. The second kappa shape index (κ2) is 9.46. The van der Waals surface area contributed by atoms with Crippen molar-refractivity contribution in [2.75, 3.05) is 16.8 Å². The Bertz CT molecular complexity index is 1730. The molecule has 3 atom stereocenters. The van der Waals surface area contributed by atoms with Gasteiger partial charge in [-0.05, 0) is 73.7 Å². The maximum absolute atomic E-state index is 14.0. The largest absolute Gasteiger partial charge is 0.377 e. The molecular formula is C35H33N3O. The third-order valence-corrected chi connectivity index (χ3v) is 8.73. The van der Waals surface area contributed by atoms with Crippen LogP contribution in [0.2, 0.25) is 0 Å². The molecule has 2 heterocycles. The number of rotatable bonds is 5. The van der Waals surface area contributed by atoms with Gasteiger partial charge in [0.15, 0.2) is 0 Å². The summed E-state index contributed by atoms with van der Waals surface area (Å²) in [7, 11) is 0. The van der Waals surface area contributed by atoms with Crippen molar-refractivity contribution in [3.8, 4) is 0 Å². The summed E-state index contributed by atoms with van der Waals surface area (Å²) in [5.74, 6) is 0.739. The van der Waals surface area contributed by atoms with Gasteiger partial charge in [-0.1, -0.05) is 66.7 Å². The lowest BCUT2D eigenvalue weighted by atomic mass is 9.76. The Morgan fingerprint density at radius 2 is 1.69 bits per heavy atom. The van der Waals surface area contributed by atoms with Gasteiger partial charge in [-0.3, -0.25) is 4.79 Å². The number of allylic oxidation sites excluding steroid dienone is 2. The molecule has 3 unspecified atom stereocenters. The average Bonchev–Trinajstić information content (AvgIpc) is 3.60. The number of carbonyl (C=O) groups excluding carboxylic acids is 1. The first-order valence-corrected chi connectivity index (χ1v) is 14.1. The van der Waals surface area contributed by atoms with Gasteiger partial charge in [0.05, 0.1) is 17.3 Å². The second-order valence-corrected chi connectivity index (χ2v) is 10.7. The number of hydrogen-bond donors (Lipinski definition) is 1. The van der Waals surface area contributed by atoms with Crippen LogP contribution in [-0.4, -0.2) is 17.0 Å². The van der Waals surface area contributed by atoms with Crippen LogP contribution in [0.15, 0.2) is 103 Å². The third kappa shape index (κ3) is 3.69. The van der Waals surface area contributed by atoms with Crippen LogP contribution in [0.5, 0.6) is 0 Å². The molecule has 0 spiro atoms. The monoisotopic (exact) mass is 511 g/mol. The summed E-state index contributed by atoms with van der Waals surface area (Å²) in [5.41, 5.74) is 7.70. The van der Waals surface area contributed by atoms with E-state index in [1.54, 1.807) is 0 Å². The molecule has 0 radical (unpaired) electrons. The van der Waals surface area contributed by atoms with E-state index in [1.807, 2.05) is 54.3 Å². The number of fused-ring (bicyclic) bond motifs is 6. The lowest BCUT2D eigenvalue weighted by molar-refractivity contribution is 0.0988. The fourth-order valence-corrected chi connectivity index (χ4v) is 6.93. The quantitative estimate of drug-likeness (QED) is 0.241. The van der Waals surface area contributed by atoms with Crippen LogP contribution in [0.1, 0.15) is 53.7 Å². The molecule has 0 bridgehead atoms. The van der Waals surface area contributed by atoms with Crippen LogP contribution in [-0.2, 0) is 6.54 Å². The summed E-state index contributed by atoms with van der Waals surface area (Å²) < 4.78 is 2.40. The first kappa shape index (κ1) is 23.8. The number of aromatic nitrogens is 1. The maximum atomic E-state index is 14.0. The minimum Gasteiger partial charge on any atom is -0.377 e. The lowest BCUT2D eigenvalue weighted by Crippen LogP contribution is -2.34. The van der Waals surface area contributed by atoms with Crippen molar-refractivity contribution in [1.29, 1.82) is 0 Å². The van der Waals surface area contributed by atoms with Crippen LogP contribution in [0.3, 0.4) is 0 Å². The van der Waals surface area contributed by atoms with E-state index in [9.17, 15) is 4.79 Å². The number of amides is 1. The first-order chi connectivity index (χ1) is 19.2. The van der Waals surface area contributed by atoms with Crippen molar-refractivity contribution in [2.24, 2.45) is 5.92 Å². The Hall–Kier alpha value is -4.31. The molecule has 7 rings (SSSR count). The van der Waals surface area contributed by atoms with Crippen molar-refractivity contribution in [3.05, 3.63) is 120 Å². The van der Waals surface area contributed by atoms with Crippen molar-refractivity contribution >= 4 is 39.1 Å². The smallest absolute Gasteiger partial charge is 0.260 e. The van der Waals surface area contributed by atoms with Crippen LogP contribution in [0.25, 0.3) is 21.8 Å². The standard InChI is InChI=1S/C35H33N3O/c1-3-37(24-12-6-5-7-13-24)35(39)29-18-11-17-28-25-15-10-16-27(25)33(36-34(28)29)23-20-21-32-30(22-23)26-14-8-9-19-31(26)38(32)4-2/h5-15,17-22,25,27,33,36H,3-4,16H2,1-2H3. The number of anilines is 2. The SMILES string of the molecule is CCN(C(=O)c1cccc2c1NC(c1ccc3c(c1)c1ccccc1n3CC)C1CC=CC21)c1ccccc1. The highest BCUT2D eigenvalue weighted by molar-refractivity contribution is 6.10. The fraction of sp³-hybridized carbons (Fsp3) is 0.229. The number of nitrogens with zero attached hydrogens (tertiary/aromatic N) is 2. The molecule has 0 fully saturated rings. The lowest BCUT2D eigenvalue weighted by Gasteiger charge is -2.39. The van der Waals surface area contributed by atoms with Crippen molar-refractivity contribution in [2.45, 2.75) is 38.8 Å². The summed E-state index contributed by atoms with van der Waals surface area (Å²) in [5, 5.41) is 6.50. The Morgan fingerprint density at radius 3 is 2.51 bits per heavy atom. The summed E-state index contributed by atoms with van der Waals surface area (Å²) in [4.78, 5) is 15.9. The third-order valence-electron chi connectivity index (χ3n) is 8.73. The predicted octanol–water partition coefficient (Wildman–Crippen LogP) is 8.31. The van der Waals surface area contributed by atoms with Gasteiger partial charge in [0.2, 0.25) is 0 Å². The number of carbonyl (C=O) groups is 1. The maximum Gasteiger partial charge on any atom is 0.260 e. The molecule has 39 heavy (non-hydrogen) atoms. The van der Waals surface area contributed by atoms with E-state index in [2.05, 4.69) is 77.5 Å². The van der Waals surface area contributed by atoms with Gasteiger partial charge >= 0.3 is 0 Å². The van der Waals surface area contributed by atoms with Gasteiger partial charge in [-0.15, -0.1) is 0 Å². The normalized spacial score (nSPS) is 19.6. The van der Waals surface area contributed by atoms with E-state index in [-0.39, 0.29) is 11.9 Å². The molecule has 1 amide bonds. The van der Waals surface area contributed by atoms with Gasteiger partial charge in [0.25, 0.3) is 5.91 Å². The molecule has 194 valence electrons. The van der Waals surface area contributed by atoms with Gasteiger partial charge in [0.1, 0.15) is 0 Å². The van der Waals surface area contributed by atoms with E-state index in [1.165, 1.54) is 32.9 Å². The van der Waals surface area contributed by atoms with E-state index < -0.39 is 0 Å². The van der Waals surface area contributed by atoms with Crippen LogP contribution >= 0.6 is 0 Å². The highest BCUT2D eigenvalue weighted by atomic mass is 16.2. The molecular weight excluding hydrogens is 478 g/mol. The molecule has 1 N–H and O–H groups in total. The topological polar surface area (TPSA) is 37.3 Å². The molecule has 0 saturated carbocycles. The van der Waals surface area contributed by atoms with Gasteiger partial charge in [0, 0.05) is 46.5 Å². The van der Waals surface area contributed by atoms with Gasteiger partial charge in [-0.2, -0.15) is 0 Å². The van der Waals surface area contributed by atoms with E-state index in [4.69, 9.17) is 0 Å². The molecule has 5 aromatic rings. The van der Waals surface area contributed by atoms with Crippen molar-refractivity contribution in [1.82, 2.24) is 4.57 Å². The fourth-order valence-electron chi connectivity index (χ4n) is 6.93. The average molecular weight is 512 g/mol. The zero-order valence-corrected chi connectivity index (χ0v) is 22.5. The number of para-hydroxylation sites is 3. The summed E-state index contributed by atoms with van der Waals surface area (Å²) in [6.45, 7) is 5.80. The van der Waals surface area contributed by atoms with E-state index in [0.29, 0.717) is 18.4 Å². The Kier molecular flexibility index (Phi) is 5.77.